The van der Waals surface area contributed by atoms with Crippen LogP contribution in [0, 0.1) is 5.92 Å². The lowest BCUT2D eigenvalue weighted by atomic mass is 9.88. The minimum absolute atomic E-state index is 0.00397. The number of β-lactam (4-membered cyclic amide) rings is 1. The van der Waals surface area contributed by atoms with Crippen molar-refractivity contribution in [3.8, 4) is 0 Å². The zero-order valence-corrected chi connectivity index (χ0v) is 20.6. The van der Waals surface area contributed by atoms with E-state index in [4.69, 9.17) is 9.47 Å². The number of alkyl carbamates (subject to hydrolysis) is 1. The first-order valence-electron chi connectivity index (χ1n) is 12.3. The first-order chi connectivity index (χ1) is 17.8. The Morgan fingerprint density at radius 2 is 1.59 bits per heavy atom. The van der Waals surface area contributed by atoms with Crippen LogP contribution in [0.2, 0.25) is 0 Å². The van der Waals surface area contributed by atoms with E-state index in [-0.39, 0.29) is 25.8 Å². The van der Waals surface area contributed by atoms with Gasteiger partial charge in [0.25, 0.3) is 5.91 Å². The lowest BCUT2D eigenvalue weighted by molar-refractivity contribution is -0.163. The maximum absolute atomic E-state index is 13.0. The molecule has 4 atom stereocenters. The van der Waals surface area contributed by atoms with E-state index in [0.29, 0.717) is 13.0 Å². The highest BCUT2D eigenvalue weighted by Crippen LogP contribution is 2.32. The zero-order chi connectivity index (χ0) is 26.4. The van der Waals surface area contributed by atoms with Crippen LogP contribution in [0.5, 0.6) is 0 Å². The van der Waals surface area contributed by atoms with Crippen molar-refractivity contribution in [1.29, 1.82) is 0 Å². The van der Waals surface area contributed by atoms with E-state index in [1.165, 1.54) is 6.92 Å². The quantitative estimate of drug-likeness (QED) is 0.524. The Kier molecular flexibility index (Phi) is 8.39. The van der Waals surface area contributed by atoms with Crippen molar-refractivity contribution in [3.63, 3.8) is 0 Å². The first-order valence-corrected chi connectivity index (χ1v) is 12.3. The van der Waals surface area contributed by atoms with Gasteiger partial charge in [-0.2, -0.15) is 0 Å². The van der Waals surface area contributed by atoms with Crippen LogP contribution in [0.1, 0.15) is 30.9 Å². The summed E-state index contributed by atoms with van der Waals surface area (Å²) in [5.74, 6) is -1.71. The van der Waals surface area contributed by atoms with Crippen LogP contribution in [0.25, 0.3) is 0 Å². The zero-order valence-electron chi connectivity index (χ0n) is 20.6. The molecule has 2 saturated heterocycles. The molecule has 2 N–H and O–H groups in total. The van der Waals surface area contributed by atoms with Gasteiger partial charge in [0.05, 0.1) is 12.0 Å². The largest absolute Gasteiger partial charge is 0.445 e. The Labute approximate surface area is 215 Å². The predicted molar refractivity (Wildman–Crippen MR) is 132 cm³/mol. The lowest BCUT2D eigenvalue weighted by Gasteiger charge is -2.43. The van der Waals surface area contributed by atoms with E-state index in [1.54, 1.807) is 29.2 Å². The number of amides is 4. The molecule has 4 unspecified atom stereocenters. The van der Waals surface area contributed by atoms with Crippen molar-refractivity contribution in [2.45, 2.75) is 51.2 Å². The second kappa shape index (κ2) is 11.9. The summed E-state index contributed by atoms with van der Waals surface area (Å²) in [6, 6.07) is 16.6. The van der Waals surface area contributed by atoms with Gasteiger partial charge in [0.15, 0.2) is 0 Å². The van der Waals surface area contributed by atoms with Gasteiger partial charge in [-0.25, -0.2) is 9.59 Å². The molecular weight excluding hydrogens is 478 g/mol. The van der Waals surface area contributed by atoms with E-state index < -0.39 is 42.1 Å². The normalized spacial score (nSPS) is 20.5. The van der Waals surface area contributed by atoms with Crippen molar-refractivity contribution in [3.05, 3.63) is 71.8 Å². The molecule has 0 spiro atoms. The number of imide groups is 1. The molecule has 2 aromatic carbocycles. The number of benzene rings is 2. The second-order valence-electron chi connectivity index (χ2n) is 9.26. The molecule has 2 fully saturated rings. The van der Waals surface area contributed by atoms with Crippen LogP contribution in [0.4, 0.5) is 9.59 Å². The number of rotatable bonds is 8. The molecule has 2 aliphatic rings. The van der Waals surface area contributed by atoms with Crippen LogP contribution in [-0.4, -0.2) is 70.2 Å². The molecule has 0 radical (unpaired) electrons. The smallest absolute Gasteiger partial charge is 0.410 e. The Morgan fingerprint density at radius 1 is 1.00 bits per heavy atom. The van der Waals surface area contributed by atoms with Gasteiger partial charge in [-0.3, -0.25) is 14.5 Å². The molecule has 10 nitrogen and oxygen atoms in total. The van der Waals surface area contributed by atoms with Crippen molar-refractivity contribution < 1.29 is 33.8 Å². The van der Waals surface area contributed by atoms with Gasteiger partial charge in [-0.15, -0.1) is 0 Å². The summed E-state index contributed by atoms with van der Waals surface area (Å²) in [5.41, 5.74) is 1.63. The highest BCUT2D eigenvalue weighted by molar-refractivity contribution is 6.04. The molecule has 0 saturated carbocycles. The molecule has 2 aliphatic heterocycles. The maximum atomic E-state index is 13.0. The number of carbonyl (C=O) groups excluding carboxylic acids is 4. The number of nitrogens with one attached hydrogen (secondary N) is 1. The predicted octanol–water partition coefficient (Wildman–Crippen LogP) is 2.45. The third-order valence-corrected chi connectivity index (χ3v) is 6.67. The van der Waals surface area contributed by atoms with Gasteiger partial charge in [0.2, 0.25) is 5.91 Å². The van der Waals surface area contributed by atoms with Crippen LogP contribution >= 0.6 is 0 Å². The first kappa shape index (κ1) is 26.2. The topological polar surface area (TPSA) is 125 Å². The van der Waals surface area contributed by atoms with Crippen LogP contribution in [0.15, 0.2) is 60.7 Å². The summed E-state index contributed by atoms with van der Waals surface area (Å²) in [6.07, 6.45) is -1.26. The SMILES string of the molecule is CC(O)C(NC(=O)OCc1ccccc1)C(=O)N1CC(C2CCCN2C(=O)OCc2ccccc2)C1=O. The molecule has 37 heavy (non-hydrogen) atoms. The summed E-state index contributed by atoms with van der Waals surface area (Å²) in [7, 11) is 0. The highest BCUT2D eigenvalue weighted by atomic mass is 16.6. The minimum Gasteiger partial charge on any atom is -0.445 e. The van der Waals surface area contributed by atoms with Crippen molar-refractivity contribution in [1.82, 2.24) is 15.1 Å². The molecule has 2 aromatic rings. The Balaban J connectivity index is 1.30. The summed E-state index contributed by atoms with van der Waals surface area (Å²) in [5, 5.41) is 12.5. The summed E-state index contributed by atoms with van der Waals surface area (Å²) in [4.78, 5) is 53.5. The Bertz CT molecular complexity index is 1110. The van der Waals surface area contributed by atoms with Crippen molar-refractivity contribution in [2.75, 3.05) is 13.1 Å². The average molecular weight is 510 g/mol. The highest BCUT2D eigenvalue weighted by Gasteiger charge is 2.51. The number of aliphatic hydroxyl groups excluding tert-OH is 1. The van der Waals surface area contributed by atoms with E-state index in [2.05, 4.69) is 5.32 Å². The molecule has 10 heteroatoms. The Morgan fingerprint density at radius 3 is 2.16 bits per heavy atom. The average Bonchev–Trinajstić information content (AvgIpc) is 3.38. The fourth-order valence-electron chi connectivity index (χ4n) is 4.63. The van der Waals surface area contributed by atoms with E-state index in [0.717, 1.165) is 22.4 Å². The number of ether oxygens (including phenoxy) is 2. The lowest BCUT2D eigenvalue weighted by Crippen LogP contribution is -2.66. The van der Waals surface area contributed by atoms with E-state index in [9.17, 15) is 24.3 Å². The van der Waals surface area contributed by atoms with E-state index in [1.807, 2.05) is 36.4 Å². The molecule has 0 aromatic heterocycles. The number of nitrogens with zero attached hydrogens (tertiary/aromatic N) is 2. The summed E-state index contributed by atoms with van der Waals surface area (Å²) < 4.78 is 10.6. The molecule has 0 aliphatic carbocycles. The fraction of sp³-hybridized carbons (Fsp3) is 0.407. The molecule has 2 heterocycles. The number of hydrogen-bond donors (Lipinski definition) is 2. The molecule has 4 amide bonds. The van der Waals surface area contributed by atoms with Gasteiger partial charge in [0.1, 0.15) is 19.3 Å². The van der Waals surface area contributed by atoms with Gasteiger partial charge in [0, 0.05) is 19.1 Å². The van der Waals surface area contributed by atoms with Gasteiger partial charge < -0.3 is 24.8 Å². The van der Waals surface area contributed by atoms with Crippen LogP contribution in [-0.2, 0) is 32.3 Å². The summed E-state index contributed by atoms with van der Waals surface area (Å²) in [6.45, 7) is 2.04. The summed E-state index contributed by atoms with van der Waals surface area (Å²) >= 11 is 0. The molecule has 196 valence electrons. The Hall–Kier alpha value is -3.92. The van der Waals surface area contributed by atoms with Gasteiger partial charge in [-0.1, -0.05) is 60.7 Å². The van der Waals surface area contributed by atoms with Crippen LogP contribution in [0.3, 0.4) is 0 Å². The minimum atomic E-state index is -1.34. The number of carbonyl (C=O) groups is 4. The van der Waals surface area contributed by atoms with Gasteiger partial charge >= 0.3 is 12.2 Å². The van der Waals surface area contributed by atoms with Crippen LogP contribution < -0.4 is 5.32 Å². The maximum Gasteiger partial charge on any atom is 0.410 e. The molecular formula is C27H31N3O7. The number of aliphatic hydroxyl groups is 1. The van der Waals surface area contributed by atoms with Gasteiger partial charge in [-0.05, 0) is 30.9 Å². The number of hydrogen-bond acceptors (Lipinski definition) is 7. The third kappa shape index (κ3) is 6.26. The second-order valence-corrected chi connectivity index (χ2v) is 9.26. The standard InChI is InChI=1S/C27H31N3O7/c1-18(31)23(28-26(34)36-16-19-9-4-2-5-10-19)25(33)30-15-21(24(30)32)22-13-8-14-29(22)27(35)37-17-20-11-6-3-7-12-20/h2-7,9-12,18,21-23,31H,8,13-17H2,1H3,(H,28,34). The fourth-order valence-corrected chi connectivity index (χ4v) is 4.63. The number of likely N-dealkylation sites (tertiary alicyclic amines) is 2. The third-order valence-electron chi connectivity index (χ3n) is 6.67. The van der Waals surface area contributed by atoms with Crippen molar-refractivity contribution >= 4 is 24.0 Å². The molecule has 0 bridgehead atoms. The molecule has 4 rings (SSSR count). The van der Waals surface area contributed by atoms with Crippen molar-refractivity contribution in [2.24, 2.45) is 5.92 Å². The monoisotopic (exact) mass is 509 g/mol. The van der Waals surface area contributed by atoms with E-state index >= 15 is 0 Å².